The summed E-state index contributed by atoms with van der Waals surface area (Å²) in [5.41, 5.74) is 6.72. The highest BCUT2D eigenvalue weighted by molar-refractivity contribution is 5.96. The fourth-order valence-electron chi connectivity index (χ4n) is 3.14. The van der Waals surface area contributed by atoms with Crippen LogP contribution in [0.1, 0.15) is 45.1 Å². The van der Waals surface area contributed by atoms with Gasteiger partial charge in [-0.2, -0.15) is 0 Å². The average Bonchev–Trinajstić information content (AvgIpc) is 2.77. The van der Waals surface area contributed by atoms with Crippen LogP contribution in [0.2, 0.25) is 0 Å². The summed E-state index contributed by atoms with van der Waals surface area (Å²) >= 11 is 0. The van der Waals surface area contributed by atoms with Gasteiger partial charge in [-0.3, -0.25) is 9.59 Å². The first-order valence-electron chi connectivity index (χ1n) is 11.0. The van der Waals surface area contributed by atoms with Gasteiger partial charge in [0.15, 0.2) is 0 Å². The van der Waals surface area contributed by atoms with Crippen molar-refractivity contribution >= 4 is 35.0 Å². The number of benzene rings is 2. The summed E-state index contributed by atoms with van der Waals surface area (Å²) in [7, 11) is 0. The number of nitrogen functional groups attached to an aromatic ring is 1. The van der Waals surface area contributed by atoms with Crippen LogP contribution in [0.15, 0.2) is 48.5 Å². The fourth-order valence-corrected chi connectivity index (χ4v) is 3.14. The average molecular weight is 477 g/mol. The van der Waals surface area contributed by atoms with Crippen LogP contribution in [-0.4, -0.2) is 30.6 Å². The summed E-state index contributed by atoms with van der Waals surface area (Å²) in [5, 5.41) is 7.76. The first-order chi connectivity index (χ1) is 16.1. The van der Waals surface area contributed by atoms with E-state index in [4.69, 9.17) is 10.5 Å². The van der Waals surface area contributed by atoms with Gasteiger partial charge in [-0.05, 0) is 44.0 Å². The standard InChI is InChI=1S/C24H30F2N4O4/c1-3-34-23(33)30-20(22(32)28-17-10-8-9-16(15-17)24(2,25)26)13-6-7-14-21(31)29-19-12-5-4-11-18(19)27/h4-5,8-12,15,20H,3,6-7,13-14,27H2,1-2H3,(H,28,32)(H,29,31)(H,30,33). The molecule has 184 valence electrons. The maximum absolute atomic E-state index is 13.6. The highest BCUT2D eigenvalue weighted by Gasteiger charge is 2.25. The minimum atomic E-state index is -3.06. The molecule has 0 spiro atoms. The van der Waals surface area contributed by atoms with Crippen molar-refractivity contribution in [3.05, 3.63) is 54.1 Å². The number of alkyl carbamates (subject to hydrolysis) is 1. The Balaban J connectivity index is 1.94. The van der Waals surface area contributed by atoms with Crippen LogP contribution in [-0.2, 0) is 20.2 Å². The molecular formula is C24H30F2N4O4. The van der Waals surface area contributed by atoms with Crippen molar-refractivity contribution in [1.82, 2.24) is 5.32 Å². The van der Waals surface area contributed by atoms with Crippen LogP contribution in [0, 0.1) is 0 Å². The quantitative estimate of drug-likeness (QED) is 0.278. The lowest BCUT2D eigenvalue weighted by atomic mass is 10.1. The molecule has 5 N–H and O–H groups in total. The van der Waals surface area contributed by atoms with E-state index in [1.165, 1.54) is 24.3 Å². The van der Waals surface area contributed by atoms with Gasteiger partial charge in [0.1, 0.15) is 6.04 Å². The second-order valence-corrected chi connectivity index (χ2v) is 7.76. The molecule has 0 heterocycles. The Morgan fingerprint density at radius 3 is 2.47 bits per heavy atom. The molecule has 0 aliphatic rings. The number of anilines is 3. The van der Waals surface area contributed by atoms with Gasteiger partial charge >= 0.3 is 6.09 Å². The van der Waals surface area contributed by atoms with E-state index < -0.39 is 24.0 Å². The number of hydrogen-bond donors (Lipinski definition) is 4. The van der Waals surface area contributed by atoms with E-state index >= 15 is 0 Å². The summed E-state index contributed by atoms with van der Waals surface area (Å²) in [6.45, 7) is 2.51. The van der Waals surface area contributed by atoms with E-state index in [0.717, 1.165) is 6.92 Å². The summed E-state index contributed by atoms with van der Waals surface area (Å²) in [6, 6.07) is 11.2. The Morgan fingerprint density at radius 1 is 1.06 bits per heavy atom. The molecule has 0 fully saturated rings. The lowest BCUT2D eigenvalue weighted by Crippen LogP contribution is -2.44. The van der Waals surface area contributed by atoms with E-state index in [9.17, 15) is 23.2 Å². The molecule has 0 aliphatic heterocycles. The van der Waals surface area contributed by atoms with E-state index in [2.05, 4.69) is 16.0 Å². The van der Waals surface area contributed by atoms with Crippen molar-refractivity contribution in [2.75, 3.05) is 23.0 Å². The topological polar surface area (TPSA) is 123 Å². The Labute approximate surface area is 197 Å². The lowest BCUT2D eigenvalue weighted by molar-refractivity contribution is -0.118. The Bertz CT molecular complexity index is 995. The zero-order chi connectivity index (χ0) is 25.1. The SMILES string of the molecule is CCOC(=O)NC(CCCCC(=O)Nc1ccccc1N)C(=O)Nc1cccc(C(C)(F)F)c1. The van der Waals surface area contributed by atoms with Crippen molar-refractivity contribution in [3.8, 4) is 0 Å². The number of nitrogens with one attached hydrogen (secondary N) is 3. The number of carbonyl (C=O) groups is 3. The van der Waals surface area contributed by atoms with Gasteiger partial charge in [0.05, 0.1) is 18.0 Å². The Hall–Kier alpha value is -3.69. The highest BCUT2D eigenvalue weighted by atomic mass is 19.3. The van der Waals surface area contributed by atoms with Crippen molar-refractivity contribution < 1.29 is 27.9 Å². The Morgan fingerprint density at radius 2 is 1.79 bits per heavy atom. The van der Waals surface area contributed by atoms with Crippen molar-refractivity contribution in [1.29, 1.82) is 0 Å². The van der Waals surface area contributed by atoms with Crippen LogP contribution in [0.4, 0.5) is 30.6 Å². The summed E-state index contributed by atoms with van der Waals surface area (Å²) in [6.07, 6.45) is 0.526. The molecule has 1 atom stereocenters. The first-order valence-corrected chi connectivity index (χ1v) is 11.0. The third-order valence-electron chi connectivity index (χ3n) is 4.90. The number of alkyl halides is 2. The number of hydrogen-bond acceptors (Lipinski definition) is 5. The van der Waals surface area contributed by atoms with Crippen LogP contribution < -0.4 is 21.7 Å². The summed E-state index contributed by atoms with van der Waals surface area (Å²) in [4.78, 5) is 36.8. The zero-order valence-corrected chi connectivity index (χ0v) is 19.2. The maximum atomic E-state index is 13.6. The van der Waals surface area contributed by atoms with Gasteiger partial charge in [0, 0.05) is 24.6 Å². The van der Waals surface area contributed by atoms with E-state index in [0.29, 0.717) is 24.2 Å². The minimum absolute atomic E-state index is 0.122. The zero-order valence-electron chi connectivity index (χ0n) is 19.2. The highest BCUT2D eigenvalue weighted by Crippen LogP contribution is 2.28. The van der Waals surface area contributed by atoms with Crippen LogP contribution >= 0.6 is 0 Å². The van der Waals surface area contributed by atoms with E-state index in [-0.39, 0.29) is 36.6 Å². The minimum Gasteiger partial charge on any atom is -0.450 e. The number of nitrogens with two attached hydrogens (primary N) is 1. The molecule has 0 radical (unpaired) electrons. The molecule has 0 saturated carbocycles. The number of unbranched alkanes of at least 4 members (excludes halogenated alkanes) is 1. The molecule has 8 nitrogen and oxygen atoms in total. The lowest BCUT2D eigenvalue weighted by Gasteiger charge is -2.19. The normalized spacial score (nSPS) is 11.9. The largest absolute Gasteiger partial charge is 0.450 e. The first kappa shape index (κ1) is 26.6. The molecule has 3 amide bonds. The van der Waals surface area contributed by atoms with Gasteiger partial charge in [-0.15, -0.1) is 0 Å². The smallest absolute Gasteiger partial charge is 0.407 e. The predicted octanol–water partition coefficient (Wildman–Crippen LogP) is 4.63. The summed E-state index contributed by atoms with van der Waals surface area (Å²) in [5.74, 6) is -3.87. The number of halogens is 2. The van der Waals surface area contributed by atoms with Crippen molar-refractivity contribution in [2.24, 2.45) is 0 Å². The fraction of sp³-hybridized carbons (Fsp3) is 0.375. The third-order valence-corrected chi connectivity index (χ3v) is 4.90. The molecule has 0 aliphatic carbocycles. The van der Waals surface area contributed by atoms with Crippen LogP contribution in [0.3, 0.4) is 0 Å². The summed E-state index contributed by atoms with van der Waals surface area (Å²) < 4.78 is 32.0. The molecule has 2 aromatic carbocycles. The molecule has 10 heteroatoms. The Kier molecular flexibility index (Phi) is 9.78. The third kappa shape index (κ3) is 8.68. The molecule has 1 unspecified atom stereocenters. The number of rotatable bonds is 11. The number of amides is 3. The number of para-hydroxylation sites is 2. The van der Waals surface area contributed by atoms with Crippen molar-refractivity contribution in [2.45, 2.75) is 51.5 Å². The van der Waals surface area contributed by atoms with Crippen LogP contribution in [0.25, 0.3) is 0 Å². The monoisotopic (exact) mass is 476 g/mol. The van der Waals surface area contributed by atoms with Gasteiger partial charge in [-0.1, -0.05) is 30.7 Å². The predicted molar refractivity (Wildman–Crippen MR) is 127 cm³/mol. The molecule has 2 rings (SSSR count). The van der Waals surface area contributed by atoms with Gasteiger partial charge in [-0.25, -0.2) is 13.6 Å². The molecule has 0 saturated heterocycles. The van der Waals surface area contributed by atoms with Gasteiger partial charge in [0.2, 0.25) is 11.8 Å². The molecule has 0 aromatic heterocycles. The number of ether oxygens (including phenoxy) is 1. The number of carbonyl (C=O) groups excluding carboxylic acids is 3. The van der Waals surface area contributed by atoms with E-state index in [1.807, 2.05) is 0 Å². The van der Waals surface area contributed by atoms with Crippen molar-refractivity contribution in [3.63, 3.8) is 0 Å². The maximum Gasteiger partial charge on any atom is 0.407 e. The molecule has 34 heavy (non-hydrogen) atoms. The second kappa shape index (κ2) is 12.5. The van der Waals surface area contributed by atoms with Gasteiger partial charge in [0.25, 0.3) is 5.92 Å². The second-order valence-electron chi connectivity index (χ2n) is 7.76. The van der Waals surface area contributed by atoms with Gasteiger partial charge < -0.3 is 26.4 Å². The molecule has 2 aromatic rings. The van der Waals surface area contributed by atoms with E-state index in [1.54, 1.807) is 31.2 Å². The molecule has 0 bridgehead atoms. The molecular weight excluding hydrogens is 446 g/mol. The van der Waals surface area contributed by atoms with Crippen LogP contribution in [0.5, 0.6) is 0 Å².